The Kier molecular flexibility index (Phi) is 6.94. The quantitative estimate of drug-likeness (QED) is 0.569. The smallest absolute Gasteiger partial charge is 0.387 e. The molecule has 0 unspecified atom stereocenters. The summed E-state index contributed by atoms with van der Waals surface area (Å²) in [6.45, 7) is -3.33. The lowest BCUT2D eigenvalue weighted by molar-refractivity contribution is -0.118. The van der Waals surface area contributed by atoms with E-state index in [0.717, 1.165) is 0 Å². The van der Waals surface area contributed by atoms with Gasteiger partial charge in [0.1, 0.15) is 11.5 Å². The van der Waals surface area contributed by atoms with Gasteiger partial charge in [-0.1, -0.05) is 30.3 Å². The third-order valence-corrected chi connectivity index (χ3v) is 3.90. The Hall–Kier alpha value is -3.94. The molecule has 0 bridgehead atoms. The van der Waals surface area contributed by atoms with Crippen molar-refractivity contribution < 1.29 is 27.8 Å². The van der Waals surface area contributed by atoms with Gasteiger partial charge in [-0.25, -0.2) is 0 Å². The molecular formula is C22H18F2N2O4. The van der Waals surface area contributed by atoms with Gasteiger partial charge in [0, 0.05) is 11.3 Å². The molecular weight excluding hydrogens is 394 g/mol. The van der Waals surface area contributed by atoms with Crippen molar-refractivity contribution in [2.75, 3.05) is 17.2 Å². The number of rotatable bonds is 8. The molecule has 6 nitrogen and oxygen atoms in total. The van der Waals surface area contributed by atoms with Gasteiger partial charge in [0.15, 0.2) is 6.61 Å². The van der Waals surface area contributed by atoms with E-state index in [1.807, 2.05) is 6.07 Å². The van der Waals surface area contributed by atoms with Gasteiger partial charge in [0.25, 0.3) is 11.8 Å². The zero-order chi connectivity index (χ0) is 21.3. The maximum Gasteiger partial charge on any atom is 0.387 e. The second-order valence-corrected chi connectivity index (χ2v) is 6.06. The lowest BCUT2D eigenvalue weighted by Gasteiger charge is -2.12. The summed E-state index contributed by atoms with van der Waals surface area (Å²) in [6.07, 6.45) is 0. The zero-order valence-electron chi connectivity index (χ0n) is 15.7. The minimum atomic E-state index is -3.00. The van der Waals surface area contributed by atoms with Crippen LogP contribution in [0.15, 0.2) is 78.9 Å². The number of nitrogens with one attached hydrogen (secondary N) is 2. The number of halogens is 2. The maximum atomic E-state index is 12.4. The number of ether oxygens (including phenoxy) is 2. The summed E-state index contributed by atoms with van der Waals surface area (Å²) in [5.74, 6) is -0.519. The highest BCUT2D eigenvalue weighted by molar-refractivity contribution is 6.04. The van der Waals surface area contributed by atoms with Gasteiger partial charge >= 0.3 is 6.61 Å². The van der Waals surface area contributed by atoms with Crippen molar-refractivity contribution in [2.24, 2.45) is 0 Å². The third-order valence-electron chi connectivity index (χ3n) is 3.90. The molecule has 0 aliphatic carbocycles. The minimum absolute atomic E-state index is 0.116. The van der Waals surface area contributed by atoms with Crippen molar-refractivity contribution in [2.45, 2.75) is 6.61 Å². The monoisotopic (exact) mass is 412 g/mol. The van der Waals surface area contributed by atoms with Crippen LogP contribution < -0.4 is 20.1 Å². The molecule has 0 radical (unpaired) electrons. The molecule has 8 heteroatoms. The van der Waals surface area contributed by atoms with E-state index in [0.29, 0.717) is 17.0 Å². The Balaban J connectivity index is 1.52. The van der Waals surface area contributed by atoms with E-state index in [4.69, 9.17) is 4.74 Å². The van der Waals surface area contributed by atoms with Crippen LogP contribution in [0.3, 0.4) is 0 Å². The molecule has 154 valence electrons. The Morgan fingerprint density at radius 3 is 2.20 bits per heavy atom. The van der Waals surface area contributed by atoms with Gasteiger partial charge in [-0.15, -0.1) is 0 Å². The summed E-state index contributed by atoms with van der Waals surface area (Å²) in [6, 6.07) is 21.1. The second-order valence-electron chi connectivity index (χ2n) is 6.06. The first-order chi connectivity index (χ1) is 14.5. The number of para-hydroxylation sites is 2. The van der Waals surface area contributed by atoms with Crippen LogP contribution in [-0.4, -0.2) is 25.0 Å². The van der Waals surface area contributed by atoms with Gasteiger partial charge in [0.2, 0.25) is 0 Å². The molecule has 0 aliphatic heterocycles. The predicted molar refractivity (Wildman–Crippen MR) is 108 cm³/mol. The number of amides is 2. The van der Waals surface area contributed by atoms with Crippen molar-refractivity contribution in [3.8, 4) is 11.5 Å². The molecule has 0 spiro atoms. The number of alkyl halides is 2. The minimum Gasteiger partial charge on any atom is -0.484 e. The van der Waals surface area contributed by atoms with Crippen LogP contribution >= 0.6 is 0 Å². The Morgan fingerprint density at radius 2 is 1.50 bits per heavy atom. The van der Waals surface area contributed by atoms with Crippen molar-refractivity contribution >= 4 is 23.2 Å². The Labute approximate surface area is 171 Å². The largest absolute Gasteiger partial charge is 0.484 e. The number of benzene rings is 3. The molecule has 3 rings (SSSR count). The summed E-state index contributed by atoms with van der Waals surface area (Å²) < 4.78 is 34.6. The molecule has 0 aliphatic rings. The van der Waals surface area contributed by atoms with Gasteiger partial charge in [-0.2, -0.15) is 8.78 Å². The fourth-order valence-electron chi connectivity index (χ4n) is 2.53. The average Bonchev–Trinajstić information content (AvgIpc) is 2.75. The lowest BCUT2D eigenvalue weighted by Crippen LogP contribution is -2.21. The molecule has 0 aromatic heterocycles. The highest BCUT2D eigenvalue weighted by Crippen LogP contribution is 2.25. The second kappa shape index (κ2) is 10.0. The highest BCUT2D eigenvalue weighted by atomic mass is 19.3. The third kappa shape index (κ3) is 6.03. The van der Waals surface area contributed by atoms with Gasteiger partial charge in [-0.3, -0.25) is 9.59 Å². The number of hydrogen-bond acceptors (Lipinski definition) is 4. The Bertz CT molecular complexity index is 996. The molecule has 3 aromatic carbocycles. The number of hydrogen-bond donors (Lipinski definition) is 2. The molecule has 0 heterocycles. The molecule has 2 N–H and O–H groups in total. The zero-order valence-corrected chi connectivity index (χ0v) is 15.7. The van der Waals surface area contributed by atoms with Crippen LogP contribution in [0.5, 0.6) is 11.5 Å². The van der Waals surface area contributed by atoms with Crippen molar-refractivity contribution in [3.05, 3.63) is 84.4 Å². The number of anilines is 2. The van der Waals surface area contributed by atoms with Crippen LogP contribution in [0.4, 0.5) is 20.2 Å². The SMILES string of the molecule is O=C(COc1ccc(NC(=O)c2ccccc2)cc1)Nc1ccccc1OC(F)F. The molecule has 30 heavy (non-hydrogen) atoms. The first-order valence-corrected chi connectivity index (χ1v) is 8.94. The first-order valence-electron chi connectivity index (χ1n) is 8.94. The highest BCUT2D eigenvalue weighted by Gasteiger charge is 2.12. The van der Waals surface area contributed by atoms with Crippen LogP contribution in [0.1, 0.15) is 10.4 Å². The molecule has 3 aromatic rings. The van der Waals surface area contributed by atoms with E-state index >= 15 is 0 Å². The summed E-state index contributed by atoms with van der Waals surface area (Å²) in [5.41, 5.74) is 1.22. The van der Waals surface area contributed by atoms with E-state index in [2.05, 4.69) is 15.4 Å². The van der Waals surface area contributed by atoms with Crippen molar-refractivity contribution in [1.82, 2.24) is 0 Å². The van der Waals surface area contributed by atoms with Crippen LogP contribution in [0, 0.1) is 0 Å². The van der Waals surface area contributed by atoms with Crippen LogP contribution in [-0.2, 0) is 4.79 Å². The Morgan fingerprint density at radius 1 is 0.833 bits per heavy atom. The van der Waals surface area contributed by atoms with Gasteiger partial charge in [0.05, 0.1) is 5.69 Å². The molecule has 0 saturated heterocycles. The van der Waals surface area contributed by atoms with Gasteiger partial charge < -0.3 is 20.1 Å². The summed E-state index contributed by atoms with van der Waals surface area (Å²) in [7, 11) is 0. The van der Waals surface area contributed by atoms with E-state index in [1.165, 1.54) is 18.2 Å². The number of carbonyl (C=O) groups excluding carboxylic acids is 2. The predicted octanol–water partition coefficient (Wildman–Crippen LogP) is 4.56. The van der Waals surface area contributed by atoms with E-state index in [-0.39, 0.29) is 24.0 Å². The summed E-state index contributed by atoms with van der Waals surface area (Å²) in [4.78, 5) is 24.2. The normalized spacial score (nSPS) is 10.4. The molecule has 0 saturated carbocycles. The van der Waals surface area contributed by atoms with E-state index < -0.39 is 12.5 Å². The number of carbonyl (C=O) groups is 2. The summed E-state index contributed by atoms with van der Waals surface area (Å²) >= 11 is 0. The molecule has 0 atom stereocenters. The molecule has 2 amide bonds. The summed E-state index contributed by atoms with van der Waals surface area (Å²) in [5, 5.41) is 5.22. The van der Waals surface area contributed by atoms with Crippen LogP contribution in [0.2, 0.25) is 0 Å². The fourth-order valence-corrected chi connectivity index (χ4v) is 2.53. The average molecular weight is 412 g/mol. The maximum absolute atomic E-state index is 12.4. The first kappa shape index (κ1) is 20.8. The van der Waals surface area contributed by atoms with Gasteiger partial charge in [-0.05, 0) is 48.5 Å². The van der Waals surface area contributed by atoms with E-state index in [9.17, 15) is 18.4 Å². The fraction of sp³-hybridized carbons (Fsp3) is 0.0909. The topological polar surface area (TPSA) is 76.7 Å². The molecule has 0 fully saturated rings. The van der Waals surface area contributed by atoms with Crippen molar-refractivity contribution in [1.29, 1.82) is 0 Å². The van der Waals surface area contributed by atoms with Crippen LogP contribution in [0.25, 0.3) is 0 Å². The van der Waals surface area contributed by atoms with E-state index in [1.54, 1.807) is 54.6 Å². The lowest BCUT2D eigenvalue weighted by atomic mass is 10.2. The standard InChI is InChI=1S/C22H18F2N2O4/c23-22(24)30-19-9-5-4-8-18(19)26-20(27)14-29-17-12-10-16(11-13-17)25-21(28)15-6-2-1-3-7-15/h1-13,22H,14H2,(H,25,28)(H,26,27). The van der Waals surface area contributed by atoms with Crippen molar-refractivity contribution in [3.63, 3.8) is 0 Å².